The Morgan fingerprint density at radius 3 is 2.40 bits per heavy atom. The molecule has 3 rings (SSSR count). The van der Waals surface area contributed by atoms with Crippen LogP contribution in [-0.2, 0) is 10.0 Å². The van der Waals surface area contributed by atoms with Gasteiger partial charge in [0.2, 0.25) is 10.0 Å². The van der Waals surface area contributed by atoms with Gasteiger partial charge in [-0.3, -0.25) is 0 Å². The van der Waals surface area contributed by atoms with Crippen molar-refractivity contribution in [3.8, 4) is 0 Å². The van der Waals surface area contributed by atoms with Crippen LogP contribution in [0.25, 0.3) is 0 Å². The Labute approximate surface area is 158 Å². The zero-order valence-electron chi connectivity index (χ0n) is 13.3. The van der Waals surface area contributed by atoms with E-state index in [0.29, 0.717) is 6.54 Å². The number of benzene rings is 2. The molecule has 2 aromatic carbocycles. The van der Waals surface area contributed by atoms with Crippen molar-refractivity contribution in [3.05, 3.63) is 64.9 Å². The molecule has 25 heavy (non-hydrogen) atoms. The van der Waals surface area contributed by atoms with Crippen molar-refractivity contribution in [2.45, 2.75) is 10.8 Å². The molecule has 0 aromatic heterocycles. The maximum absolute atomic E-state index is 14.1. The highest BCUT2D eigenvalue weighted by atomic mass is 35.5. The lowest BCUT2D eigenvalue weighted by molar-refractivity contribution is 0.453. The number of sulfonamides is 1. The Hall–Kier alpha value is -1.18. The number of nitrogens with two attached hydrogens (primary N) is 1. The minimum atomic E-state index is -4.01. The fraction of sp³-hybridized carbons (Fsp3) is 0.294. The molecule has 1 fully saturated rings. The highest BCUT2D eigenvalue weighted by Gasteiger charge is 2.40. The third-order valence-electron chi connectivity index (χ3n) is 4.45. The average molecular weight is 405 g/mol. The maximum Gasteiger partial charge on any atom is 0.247 e. The SMILES string of the molecule is Cl.NC[C@@H]1CN(S(=O)(=O)c2c(F)cccc2Cl)C[C@H]1c1ccccc1. The zero-order valence-corrected chi connectivity index (χ0v) is 15.7. The van der Waals surface area contributed by atoms with Crippen molar-refractivity contribution < 1.29 is 12.8 Å². The number of nitrogens with zero attached hydrogens (tertiary/aromatic N) is 1. The Kier molecular flexibility index (Phi) is 6.45. The van der Waals surface area contributed by atoms with E-state index in [1.807, 2.05) is 30.3 Å². The van der Waals surface area contributed by atoms with Crippen LogP contribution in [-0.4, -0.2) is 32.4 Å². The maximum atomic E-state index is 14.1. The second-order valence-corrected chi connectivity index (χ2v) is 8.17. The number of hydrogen-bond acceptors (Lipinski definition) is 3. The molecule has 136 valence electrons. The van der Waals surface area contributed by atoms with Crippen molar-refractivity contribution in [2.24, 2.45) is 11.7 Å². The van der Waals surface area contributed by atoms with Gasteiger partial charge in [0.1, 0.15) is 10.7 Å². The number of halogens is 3. The second kappa shape index (κ2) is 8.01. The van der Waals surface area contributed by atoms with Gasteiger partial charge in [0, 0.05) is 19.0 Å². The van der Waals surface area contributed by atoms with E-state index in [1.54, 1.807) is 0 Å². The summed E-state index contributed by atoms with van der Waals surface area (Å²) in [6, 6.07) is 13.5. The Bertz CT molecular complexity index is 814. The molecule has 0 amide bonds. The summed E-state index contributed by atoms with van der Waals surface area (Å²) in [5, 5.41) is -0.109. The predicted octanol–water partition coefficient (Wildman–Crippen LogP) is 3.26. The highest BCUT2D eigenvalue weighted by Crippen LogP contribution is 2.37. The van der Waals surface area contributed by atoms with Gasteiger partial charge < -0.3 is 5.73 Å². The lowest BCUT2D eigenvalue weighted by Gasteiger charge is -2.18. The molecule has 0 unspecified atom stereocenters. The van der Waals surface area contributed by atoms with Gasteiger partial charge in [0.25, 0.3) is 0 Å². The minimum absolute atomic E-state index is 0. The van der Waals surface area contributed by atoms with Gasteiger partial charge in [-0.1, -0.05) is 48.0 Å². The van der Waals surface area contributed by atoms with Crippen molar-refractivity contribution in [1.82, 2.24) is 4.31 Å². The Morgan fingerprint density at radius 1 is 1.12 bits per heavy atom. The molecule has 1 aliphatic heterocycles. The van der Waals surface area contributed by atoms with E-state index < -0.39 is 20.7 Å². The molecule has 2 N–H and O–H groups in total. The van der Waals surface area contributed by atoms with Crippen molar-refractivity contribution in [1.29, 1.82) is 0 Å². The van der Waals surface area contributed by atoms with Crippen LogP contribution in [0.4, 0.5) is 4.39 Å². The number of rotatable bonds is 4. The molecule has 1 heterocycles. The quantitative estimate of drug-likeness (QED) is 0.850. The summed E-state index contributed by atoms with van der Waals surface area (Å²) >= 11 is 5.95. The van der Waals surface area contributed by atoms with Gasteiger partial charge in [0.05, 0.1) is 5.02 Å². The van der Waals surface area contributed by atoms with E-state index in [1.165, 1.54) is 16.4 Å². The van der Waals surface area contributed by atoms with E-state index in [-0.39, 0.29) is 42.4 Å². The van der Waals surface area contributed by atoms with Gasteiger partial charge in [-0.05, 0) is 30.2 Å². The largest absolute Gasteiger partial charge is 0.330 e. The van der Waals surface area contributed by atoms with Crippen LogP contribution in [0.3, 0.4) is 0 Å². The minimum Gasteiger partial charge on any atom is -0.330 e. The third-order valence-corrected chi connectivity index (χ3v) is 6.79. The van der Waals surface area contributed by atoms with Crippen LogP contribution in [0.2, 0.25) is 5.02 Å². The second-order valence-electron chi connectivity index (χ2n) is 5.89. The van der Waals surface area contributed by atoms with Gasteiger partial charge in [0.15, 0.2) is 0 Å². The lowest BCUT2D eigenvalue weighted by atomic mass is 9.89. The molecule has 4 nitrogen and oxygen atoms in total. The van der Waals surface area contributed by atoms with Gasteiger partial charge in [-0.2, -0.15) is 4.31 Å². The van der Waals surface area contributed by atoms with Crippen LogP contribution >= 0.6 is 24.0 Å². The standard InChI is InChI=1S/C17H18ClFN2O2S.ClH/c18-15-7-4-8-16(19)17(15)24(22,23)21-10-13(9-20)14(11-21)12-5-2-1-3-6-12;/h1-8,13-14H,9-11,20H2;1H/t13-,14+;/m1./s1. The van der Waals surface area contributed by atoms with Crippen molar-refractivity contribution in [3.63, 3.8) is 0 Å². The smallest absolute Gasteiger partial charge is 0.247 e. The summed E-state index contributed by atoms with van der Waals surface area (Å²) in [6.07, 6.45) is 0. The first-order chi connectivity index (χ1) is 11.4. The number of hydrogen-bond donors (Lipinski definition) is 1. The van der Waals surface area contributed by atoms with Crippen LogP contribution in [0.1, 0.15) is 11.5 Å². The van der Waals surface area contributed by atoms with E-state index in [2.05, 4.69) is 0 Å². The molecular formula is C17H19Cl2FN2O2S. The summed E-state index contributed by atoms with van der Waals surface area (Å²) in [4.78, 5) is -0.462. The molecule has 0 bridgehead atoms. The van der Waals surface area contributed by atoms with E-state index >= 15 is 0 Å². The summed E-state index contributed by atoms with van der Waals surface area (Å²) < 4.78 is 41.1. The van der Waals surface area contributed by atoms with Gasteiger partial charge in [-0.15, -0.1) is 12.4 Å². The monoisotopic (exact) mass is 404 g/mol. The normalized spacial score (nSPS) is 21.1. The molecule has 0 spiro atoms. The van der Waals surface area contributed by atoms with Crippen molar-refractivity contribution >= 4 is 34.0 Å². The van der Waals surface area contributed by atoms with Crippen LogP contribution in [0, 0.1) is 11.7 Å². The fourth-order valence-corrected chi connectivity index (χ4v) is 5.29. The summed E-state index contributed by atoms with van der Waals surface area (Å²) in [5.74, 6) is -0.876. The van der Waals surface area contributed by atoms with Crippen LogP contribution in [0.15, 0.2) is 53.4 Å². The average Bonchev–Trinajstić information content (AvgIpc) is 3.00. The molecular weight excluding hydrogens is 386 g/mol. The van der Waals surface area contributed by atoms with E-state index in [9.17, 15) is 12.8 Å². The first-order valence-corrected chi connectivity index (χ1v) is 9.46. The molecule has 1 saturated heterocycles. The first kappa shape index (κ1) is 20.1. The third kappa shape index (κ3) is 3.83. The van der Waals surface area contributed by atoms with E-state index in [4.69, 9.17) is 17.3 Å². The molecule has 0 radical (unpaired) electrons. The summed E-state index contributed by atoms with van der Waals surface area (Å²) in [5.41, 5.74) is 6.88. The molecule has 2 aromatic rings. The van der Waals surface area contributed by atoms with E-state index in [0.717, 1.165) is 11.6 Å². The predicted molar refractivity (Wildman–Crippen MR) is 99.1 cm³/mol. The first-order valence-electron chi connectivity index (χ1n) is 7.64. The topological polar surface area (TPSA) is 63.4 Å². The highest BCUT2D eigenvalue weighted by molar-refractivity contribution is 7.89. The zero-order chi connectivity index (χ0) is 17.3. The Morgan fingerprint density at radius 2 is 1.80 bits per heavy atom. The fourth-order valence-electron chi connectivity index (χ4n) is 3.20. The van der Waals surface area contributed by atoms with Crippen LogP contribution < -0.4 is 5.73 Å². The van der Waals surface area contributed by atoms with Crippen molar-refractivity contribution in [2.75, 3.05) is 19.6 Å². The Balaban J connectivity index is 0.00000225. The van der Waals surface area contributed by atoms with Crippen LogP contribution in [0.5, 0.6) is 0 Å². The molecule has 8 heteroatoms. The molecule has 1 aliphatic rings. The lowest BCUT2D eigenvalue weighted by Crippen LogP contribution is -2.30. The van der Waals surface area contributed by atoms with Gasteiger partial charge in [-0.25, -0.2) is 12.8 Å². The summed E-state index contributed by atoms with van der Waals surface area (Å²) in [6.45, 7) is 0.874. The van der Waals surface area contributed by atoms with Gasteiger partial charge >= 0.3 is 0 Å². The summed E-state index contributed by atoms with van der Waals surface area (Å²) in [7, 11) is -4.01. The molecule has 0 aliphatic carbocycles. The molecule has 2 atom stereocenters. The molecule has 0 saturated carbocycles.